The van der Waals surface area contributed by atoms with E-state index in [0.29, 0.717) is 6.04 Å². The number of benzene rings is 1. The molecule has 0 spiro atoms. The number of hydrogen-bond acceptors (Lipinski definition) is 2. The number of nitrogens with one attached hydrogen (secondary N) is 2. The molecule has 0 radical (unpaired) electrons. The number of rotatable bonds is 4. The third-order valence-electron chi connectivity index (χ3n) is 4.06. The van der Waals surface area contributed by atoms with Crippen molar-refractivity contribution in [2.24, 2.45) is 0 Å². The zero-order chi connectivity index (χ0) is 15.2. The van der Waals surface area contributed by atoms with Crippen LogP contribution in [-0.4, -0.2) is 20.9 Å². The maximum atomic E-state index is 5.41. The number of nitrogens with zero attached hydrogens (tertiary/aromatic N) is 2. The molecule has 116 valence electrons. The molecule has 1 heterocycles. The molecule has 1 fully saturated rings. The number of thiocarbonyl (C=S) groups is 1. The fraction of sp³-hybridized carbons (Fsp3) is 0.412. The molecule has 1 aliphatic carbocycles. The van der Waals surface area contributed by atoms with Crippen molar-refractivity contribution in [2.75, 3.05) is 5.32 Å². The molecule has 2 aromatic rings. The van der Waals surface area contributed by atoms with Gasteiger partial charge in [0.25, 0.3) is 0 Å². The van der Waals surface area contributed by atoms with E-state index in [1.807, 2.05) is 16.9 Å². The molecule has 1 aliphatic rings. The molecular weight excluding hydrogens is 292 g/mol. The fourth-order valence-corrected chi connectivity index (χ4v) is 3.16. The van der Waals surface area contributed by atoms with E-state index in [1.165, 1.54) is 37.7 Å². The summed E-state index contributed by atoms with van der Waals surface area (Å²) < 4.78 is 1.91. The molecular formula is C17H22N4S. The van der Waals surface area contributed by atoms with Gasteiger partial charge in [0.15, 0.2) is 5.11 Å². The van der Waals surface area contributed by atoms with Crippen LogP contribution in [0, 0.1) is 0 Å². The SMILES string of the molecule is S=C(Nc1ccc(Cn2cccn2)cc1)NC1CCCCC1. The van der Waals surface area contributed by atoms with E-state index in [1.54, 1.807) is 6.20 Å². The zero-order valence-electron chi connectivity index (χ0n) is 12.7. The monoisotopic (exact) mass is 314 g/mol. The molecule has 0 atom stereocenters. The molecule has 4 nitrogen and oxygen atoms in total. The largest absolute Gasteiger partial charge is 0.360 e. The standard InChI is InChI=1S/C17H22N4S/c22-17(19-15-5-2-1-3-6-15)20-16-9-7-14(8-10-16)13-21-12-4-11-18-21/h4,7-12,15H,1-3,5-6,13H2,(H2,19,20,22). The Kier molecular flexibility index (Phi) is 5.06. The number of aromatic nitrogens is 2. The van der Waals surface area contributed by atoms with E-state index in [0.717, 1.165) is 17.3 Å². The summed E-state index contributed by atoms with van der Waals surface area (Å²) in [6.07, 6.45) is 10.2. The zero-order valence-corrected chi connectivity index (χ0v) is 13.5. The second kappa shape index (κ2) is 7.40. The minimum Gasteiger partial charge on any atom is -0.360 e. The van der Waals surface area contributed by atoms with Crippen LogP contribution in [0.2, 0.25) is 0 Å². The molecule has 3 rings (SSSR count). The van der Waals surface area contributed by atoms with Crippen molar-refractivity contribution in [3.8, 4) is 0 Å². The fourth-order valence-electron chi connectivity index (χ4n) is 2.87. The summed E-state index contributed by atoms with van der Waals surface area (Å²) in [7, 11) is 0. The van der Waals surface area contributed by atoms with Gasteiger partial charge in [0.2, 0.25) is 0 Å². The predicted octanol–water partition coefficient (Wildman–Crippen LogP) is 3.55. The van der Waals surface area contributed by atoms with Crippen LogP contribution >= 0.6 is 12.2 Å². The second-order valence-corrected chi connectivity index (χ2v) is 6.24. The Labute approximate surface area is 136 Å². The molecule has 1 saturated carbocycles. The highest BCUT2D eigenvalue weighted by atomic mass is 32.1. The third kappa shape index (κ3) is 4.31. The van der Waals surface area contributed by atoms with E-state index in [9.17, 15) is 0 Å². The molecule has 0 aliphatic heterocycles. The molecule has 0 unspecified atom stereocenters. The van der Waals surface area contributed by atoms with Crippen molar-refractivity contribution in [2.45, 2.75) is 44.7 Å². The van der Waals surface area contributed by atoms with Crippen LogP contribution in [0.4, 0.5) is 5.69 Å². The Morgan fingerprint density at radius 1 is 1.18 bits per heavy atom. The van der Waals surface area contributed by atoms with Gasteiger partial charge in [-0.15, -0.1) is 0 Å². The molecule has 5 heteroatoms. The first kappa shape index (κ1) is 15.0. The average Bonchev–Trinajstić information content (AvgIpc) is 3.03. The lowest BCUT2D eigenvalue weighted by atomic mass is 9.96. The van der Waals surface area contributed by atoms with E-state index >= 15 is 0 Å². The van der Waals surface area contributed by atoms with Gasteiger partial charge in [-0.2, -0.15) is 5.10 Å². The molecule has 0 amide bonds. The van der Waals surface area contributed by atoms with Crippen LogP contribution in [-0.2, 0) is 6.54 Å². The Morgan fingerprint density at radius 2 is 1.95 bits per heavy atom. The van der Waals surface area contributed by atoms with Gasteiger partial charge in [-0.25, -0.2) is 0 Å². The van der Waals surface area contributed by atoms with Crippen LogP contribution in [0.3, 0.4) is 0 Å². The topological polar surface area (TPSA) is 41.9 Å². The summed E-state index contributed by atoms with van der Waals surface area (Å²) in [4.78, 5) is 0. The van der Waals surface area contributed by atoms with Gasteiger partial charge in [0, 0.05) is 24.1 Å². The minimum atomic E-state index is 0.535. The van der Waals surface area contributed by atoms with Crippen molar-refractivity contribution in [3.05, 3.63) is 48.3 Å². The van der Waals surface area contributed by atoms with Crippen molar-refractivity contribution in [1.29, 1.82) is 0 Å². The lowest BCUT2D eigenvalue weighted by Crippen LogP contribution is -2.38. The van der Waals surface area contributed by atoms with E-state index in [2.05, 4.69) is 40.0 Å². The summed E-state index contributed by atoms with van der Waals surface area (Å²) in [6, 6.07) is 10.8. The van der Waals surface area contributed by atoms with Gasteiger partial charge >= 0.3 is 0 Å². The van der Waals surface area contributed by atoms with Gasteiger partial charge in [-0.3, -0.25) is 4.68 Å². The first-order chi connectivity index (χ1) is 10.8. The van der Waals surface area contributed by atoms with E-state index in [-0.39, 0.29) is 0 Å². The maximum absolute atomic E-state index is 5.41. The Hall–Kier alpha value is -1.88. The number of anilines is 1. The highest BCUT2D eigenvalue weighted by Gasteiger charge is 2.13. The summed E-state index contributed by atoms with van der Waals surface area (Å²) in [6.45, 7) is 0.790. The molecule has 22 heavy (non-hydrogen) atoms. The van der Waals surface area contributed by atoms with Crippen molar-refractivity contribution in [3.63, 3.8) is 0 Å². The van der Waals surface area contributed by atoms with E-state index in [4.69, 9.17) is 12.2 Å². The smallest absolute Gasteiger partial charge is 0.170 e. The first-order valence-corrected chi connectivity index (χ1v) is 8.34. The van der Waals surface area contributed by atoms with Gasteiger partial charge in [0.05, 0.1) is 6.54 Å². The third-order valence-corrected chi connectivity index (χ3v) is 4.28. The summed E-state index contributed by atoms with van der Waals surface area (Å²) in [5, 5.41) is 11.6. The van der Waals surface area contributed by atoms with Crippen LogP contribution in [0.25, 0.3) is 0 Å². The lowest BCUT2D eigenvalue weighted by molar-refractivity contribution is 0.415. The quantitative estimate of drug-likeness (QED) is 0.847. The molecule has 1 aromatic carbocycles. The lowest BCUT2D eigenvalue weighted by Gasteiger charge is -2.24. The van der Waals surface area contributed by atoms with Crippen LogP contribution in [0.5, 0.6) is 0 Å². The summed E-state index contributed by atoms with van der Waals surface area (Å²) >= 11 is 5.41. The molecule has 1 aromatic heterocycles. The number of hydrogen-bond donors (Lipinski definition) is 2. The predicted molar refractivity (Wildman–Crippen MR) is 94.0 cm³/mol. The van der Waals surface area contributed by atoms with Crippen LogP contribution < -0.4 is 10.6 Å². The van der Waals surface area contributed by atoms with Gasteiger partial charge in [-0.1, -0.05) is 31.4 Å². The molecule has 0 saturated heterocycles. The van der Waals surface area contributed by atoms with E-state index < -0.39 is 0 Å². The minimum absolute atomic E-state index is 0.535. The second-order valence-electron chi connectivity index (χ2n) is 5.83. The highest BCUT2D eigenvalue weighted by molar-refractivity contribution is 7.80. The Balaban J connectivity index is 1.50. The summed E-state index contributed by atoms with van der Waals surface area (Å²) in [5.41, 5.74) is 2.25. The molecule has 2 N–H and O–H groups in total. The maximum Gasteiger partial charge on any atom is 0.170 e. The van der Waals surface area contributed by atoms with Crippen molar-refractivity contribution < 1.29 is 0 Å². The highest BCUT2D eigenvalue weighted by Crippen LogP contribution is 2.17. The molecule has 0 bridgehead atoms. The van der Waals surface area contributed by atoms with Gasteiger partial charge in [0.1, 0.15) is 0 Å². The van der Waals surface area contributed by atoms with Crippen molar-refractivity contribution in [1.82, 2.24) is 15.1 Å². The first-order valence-electron chi connectivity index (χ1n) is 7.93. The normalized spacial score (nSPS) is 15.5. The van der Waals surface area contributed by atoms with Gasteiger partial charge < -0.3 is 10.6 Å². The van der Waals surface area contributed by atoms with Crippen LogP contribution in [0.15, 0.2) is 42.7 Å². The summed E-state index contributed by atoms with van der Waals surface area (Å²) in [5.74, 6) is 0. The average molecular weight is 314 g/mol. The Bertz CT molecular complexity index is 586. The van der Waals surface area contributed by atoms with Gasteiger partial charge in [-0.05, 0) is 48.8 Å². The Morgan fingerprint density at radius 3 is 2.64 bits per heavy atom. The van der Waals surface area contributed by atoms with Crippen molar-refractivity contribution >= 4 is 23.0 Å². The van der Waals surface area contributed by atoms with Crippen LogP contribution in [0.1, 0.15) is 37.7 Å².